The zero-order valence-corrected chi connectivity index (χ0v) is 13.9. The summed E-state index contributed by atoms with van der Waals surface area (Å²) in [5, 5.41) is 4.47. The number of carbonyl (C=O) groups is 1. The van der Waals surface area contributed by atoms with Crippen LogP contribution in [0.3, 0.4) is 0 Å². The molecule has 0 spiro atoms. The summed E-state index contributed by atoms with van der Waals surface area (Å²) in [6.45, 7) is 1.69. The van der Waals surface area contributed by atoms with E-state index in [1.807, 2.05) is 11.0 Å². The number of benzene rings is 1. The molecule has 0 radical (unpaired) electrons. The van der Waals surface area contributed by atoms with E-state index in [1.165, 1.54) is 31.4 Å². The molecule has 3 aliphatic rings. The predicted molar refractivity (Wildman–Crippen MR) is 88.6 cm³/mol. The molecule has 1 unspecified atom stereocenters. The molecule has 2 fully saturated rings. The third kappa shape index (κ3) is 2.69. The van der Waals surface area contributed by atoms with Gasteiger partial charge in [-0.2, -0.15) is 5.10 Å². The standard InChI is InChI=1S/C19H20FN3O2/c20-14-2-1-3-17(9-14)25-11-15-10-18-19(24)22(4-5-23(18)21-15)16-7-12-6-13(12)8-16/h1-3,9-10,12-13,16H,4-8,11H2/t12-,13+,16?. The largest absolute Gasteiger partial charge is 0.487 e. The van der Waals surface area contributed by atoms with Gasteiger partial charge in [-0.1, -0.05) is 6.07 Å². The number of carbonyl (C=O) groups excluding carboxylic acids is 1. The summed E-state index contributed by atoms with van der Waals surface area (Å²) >= 11 is 0. The first kappa shape index (κ1) is 14.9. The van der Waals surface area contributed by atoms with Crippen LogP contribution in [0.1, 0.15) is 35.4 Å². The summed E-state index contributed by atoms with van der Waals surface area (Å²) in [6, 6.07) is 8.25. The summed E-state index contributed by atoms with van der Waals surface area (Å²) in [6.07, 6.45) is 3.69. The van der Waals surface area contributed by atoms with Gasteiger partial charge in [0.1, 0.15) is 29.6 Å². The topological polar surface area (TPSA) is 47.4 Å². The Hall–Kier alpha value is -2.37. The smallest absolute Gasteiger partial charge is 0.272 e. The Morgan fingerprint density at radius 1 is 1.16 bits per heavy atom. The second kappa shape index (κ2) is 5.58. The molecular formula is C19H20FN3O2. The minimum Gasteiger partial charge on any atom is -0.487 e. The zero-order chi connectivity index (χ0) is 17.0. The van der Waals surface area contributed by atoms with Gasteiger partial charge in [-0.05, 0) is 49.3 Å². The molecule has 5 nitrogen and oxygen atoms in total. The zero-order valence-electron chi connectivity index (χ0n) is 13.9. The number of hydrogen-bond donors (Lipinski definition) is 0. The van der Waals surface area contributed by atoms with Crippen molar-refractivity contribution >= 4 is 5.91 Å². The molecular weight excluding hydrogens is 321 g/mol. The van der Waals surface area contributed by atoms with Gasteiger partial charge >= 0.3 is 0 Å². The maximum Gasteiger partial charge on any atom is 0.272 e. The molecule has 1 aromatic carbocycles. The average Bonchev–Trinajstić information content (AvgIpc) is 3.03. The first-order valence-corrected chi connectivity index (χ1v) is 8.93. The van der Waals surface area contributed by atoms with E-state index in [4.69, 9.17) is 4.74 Å². The van der Waals surface area contributed by atoms with Gasteiger partial charge < -0.3 is 9.64 Å². The van der Waals surface area contributed by atoms with Crippen molar-refractivity contribution in [1.82, 2.24) is 14.7 Å². The van der Waals surface area contributed by atoms with Gasteiger partial charge in [0.2, 0.25) is 0 Å². The van der Waals surface area contributed by atoms with E-state index in [0.717, 1.165) is 24.9 Å². The van der Waals surface area contributed by atoms with Gasteiger partial charge in [-0.3, -0.25) is 9.48 Å². The molecule has 5 rings (SSSR count). The third-order valence-corrected chi connectivity index (χ3v) is 5.71. The molecule has 6 heteroatoms. The van der Waals surface area contributed by atoms with Crippen LogP contribution in [-0.4, -0.2) is 33.2 Å². The van der Waals surface area contributed by atoms with Crippen molar-refractivity contribution < 1.29 is 13.9 Å². The van der Waals surface area contributed by atoms with Crippen molar-refractivity contribution in [3.05, 3.63) is 47.5 Å². The van der Waals surface area contributed by atoms with Gasteiger partial charge in [0.25, 0.3) is 5.91 Å². The van der Waals surface area contributed by atoms with Crippen molar-refractivity contribution in [3.63, 3.8) is 0 Å². The number of nitrogens with zero attached hydrogens (tertiary/aromatic N) is 3. The van der Waals surface area contributed by atoms with Crippen LogP contribution in [0.4, 0.5) is 4.39 Å². The maximum atomic E-state index is 13.2. The number of halogens is 1. The van der Waals surface area contributed by atoms with Crippen LogP contribution < -0.4 is 4.74 Å². The van der Waals surface area contributed by atoms with E-state index in [-0.39, 0.29) is 18.3 Å². The summed E-state index contributed by atoms with van der Waals surface area (Å²) in [5.41, 5.74) is 1.34. The highest BCUT2D eigenvalue weighted by molar-refractivity contribution is 5.93. The molecule has 1 amide bonds. The average molecular weight is 341 g/mol. The first-order chi connectivity index (χ1) is 12.2. The first-order valence-electron chi connectivity index (χ1n) is 8.93. The van der Waals surface area contributed by atoms with Crippen LogP contribution in [0.2, 0.25) is 0 Å². The van der Waals surface area contributed by atoms with Gasteiger partial charge in [0.15, 0.2) is 0 Å². The summed E-state index contributed by atoms with van der Waals surface area (Å²) in [5.74, 6) is 1.94. The highest BCUT2D eigenvalue weighted by Gasteiger charge is 2.49. The number of amides is 1. The summed E-state index contributed by atoms with van der Waals surface area (Å²) in [7, 11) is 0. The number of fused-ring (bicyclic) bond motifs is 2. The minimum atomic E-state index is -0.331. The Labute approximate surface area is 145 Å². The van der Waals surface area contributed by atoms with Gasteiger partial charge in [0, 0.05) is 18.7 Å². The molecule has 3 atom stereocenters. The quantitative estimate of drug-likeness (QED) is 0.859. The van der Waals surface area contributed by atoms with E-state index in [0.29, 0.717) is 23.2 Å². The van der Waals surface area contributed by atoms with Crippen molar-refractivity contribution in [3.8, 4) is 5.75 Å². The fourth-order valence-electron chi connectivity index (χ4n) is 4.33. The van der Waals surface area contributed by atoms with Crippen molar-refractivity contribution in [2.75, 3.05) is 6.54 Å². The fourth-order valence-corrected chi connectivity index (χ4v) is 4.33. The highest BCUT2D eigenvalue weighted by atomic mass is 19.1. The summed E-state index contributed by atoms with van der Waals surface area (Å²) < 4.78 is 20.6. The van der Waals surface area contributed by atoms with Crippen LogP contribution in [0.5, 0.6) is 5.75 Å². The number of rotatable bonds is 4. The van der Waals surface area contributed by atoms with Gasteiger partial charge in [-0.15, -0.1) is 0 Å². The number of aromatic nitrogens is 2. The van der Waals surface area contributed by atoms with E-state index in [9.17, 15) is 9.18 Å². The Morgan fingerprint density at radius 2 is 2.00 bits per heavy atom. The van der Waals surface area contributed by atoms with Crippen LogP contribution >= 0.6 is 0 Å². The monoisotopic (exact) mass is 341 g/mol. The number of hydrogen-bond acceptors (Lipinski definition) is 3. The van der Waals surface area contributed by atoms with Crippen molar-refractivity contribution in [2.24, 2.45) is 11.8 Å². The van der Waals surface area contributed by atoms with E-state index in [2.05, 4.69) is 5.10 Å². The molecule has 0 N–H and O–H groups in total. The molecule has 25 heavy (non-hydrogen) atoms. The molecule has 2 heterocycles. The normalized spacial score (nSPS) is 27.2. The second-order valence-electron chi connectivity index (χ2n) is 7.37. The van der Waals surface area contributed by atoms with Gasteiger partial charge in [0.05, 0.1) is 6.54 Å². The molecule has 2 saturated carbocycles. The molecule has 130 valence electrons. The number of ether oxygens (including phenoxy) is 1. The SMILES string of the molecule is O=C1c2cc(COc3cccc(F)c3)nn2CCN1C1C[C@@H]2C[C@@H]2C1. The van der Waals surface area contributed by atoms with E-state index in [1.54, 1.807) is 16.8 Å². The molecule has 0 saturated heterocycles. The van der Waals surface area contributed by atoms with Crippen LogP contribution in [-0.2, 0) is 13.2 Å². The predicted octanol–water partition coefficient (Wildman–Crippen LogP) is 2.86. The molecule has 0 bridgehead atoms. The van der Waals surface area contributed by atoms with Crippen molar-refractivity contribution in [1.29, 1.82) is 0 Å². The third-order valence-electron chi connectivity index (χ3n) is 5.71. The van der Waals surface area contributed by atoms with E-state index >= 15 is 0 Å². The Kier molecular flexibility index (Phi) is 3.33. The summed E-state index contributed by atoms with van der Waals surface area (Å²) in [4.78, 5) is 14.9. The lowest BCUT2D eigenvalue weighted by Gasteiger charge is -2.33. The lowest BCUT2D eigenvalue weighted by molar-refractivity contribution is 0.0602. The van der Waals surface area contributed by atoms with Crippen LogP contribution in [0.15, 0.2) is 30.3 Å². The minimum absolute atomic E-state index is 0.0852. The van der Waals surface area contributed by atoms with Crippen LogP contribution in [0.25, 0.3) is 0 Å². The Balaban J connectivity index is 1.29. The molecule has 2 aliphatic carbocycles. The maximum absolute atomic E-state index is 13.2. The van der Waals surface area contributed by atoms with Crippen molar-refractivity contribution in [2.45, 2.75) is 38.5 Å². The van der Waals surface area contributed by atoms with Gasteiger partial charge in [-0.25, -0.2) is 4.39 Å². The molecule has 1 aromatic heterocycles. The lowest BCUT2D eigenvalue weighted by Crippen LogP contribution is -2.46. The molecule has 2 aromatic rings. The Morgan fingerprint density at radius 3 is 2.80 bits per heavy atom. The van der Waals surface area contributed by atoms with E-state index < -0.39 is 0 Å². The Bertz CT molecular complexity index is 824. The molecule has 1 aliphatic heterocycles. The second-order valence-corrected chi connectivity index (χ2v) is 7.37. The lowest BCUT2D eigenvalue weighted by atomic mass is 10.1. The highest BCUT2D eigenvalue weighted by Crippen LogP contribution is 2.53. The van der Waals surface area contributed by atoms with Crippen LogP contribution in [0, 0.1) is 17.7 Å². The fraction of sp³-hybridized carbons (Fsp3) is 0.474.